The van der Waals surface area contributed by atoms with Gasteiger partial charge in [-0.1, -0.05) is 6.92 Å². The van der Waals surface area contributed by atoms with E-state index in [4.69, 9.17) is 9.15 Å². The zero-order valence-electron chi connectivity index (χ0n) is 11.6. The minimum absolute atomic E-state index is 0.0430. The molecule has 0 radical (unpaired) electrons. The highest BCUT2D eigenvalue weighted by molar-refractivity contribution is 5.84. The number of esters is 1. The smallest absolute Gasteiger partial charge is 0.306 e. The Hall–Kier alpha value is -1.62. The number of likely N-dealkylation sites (N-methyl/N-ethyl adjacent to an activating group) is 1. The minimum atomic E-state index is -0.315. The second-order valence-corrected chi connectivity index (χ2v) is 4.23. The molecule has 1 rings (SSSR count). The summed E-state index contributed by atoms with van der Waals surface area (Å²) >= 11 is 0. The average Bonchev–Trinajstić information content (AvgIpc) is 2.89. The largest absolute Gasteiger partial charge is 0.468 e. The Morgan fingerprint density at radius 1 is 1.32 bits per heavy atom. The molecular formula is C14H21NO4. The van der Waals surface area contributed by atoms with Crippen LogP contribution in [-0.2, 0) is 20.9 Å². The second kappa shape index (κ2) is 8.48. The highest BCUT2D eigenvalue weighted by Crippen LogP contribution is 2.06. The van der Waals surface area contributed by atoms with E-state index in [1.54, 1.807) is 13.2 Å². The van der Waals surface area contributed by atoms with E-state index in [9.17, 15) is 9.59 Å². The highest BCUT2D eigenvalue weighted by Gasteiger charge is 2.13. The van der Waals surface area contributed by atoms with Gasteiger partial charge in [-0.15, -0.1) is 0 Å². The van der Waals surface area contributed by atoms with E-state index in [1.807, 2.05) is 24.0 Å². The first kappa shape index (κ1) is 15.4. The second-order valence-electron chi connectivity index (χ2n) is 4.23. The van der Waals surface area contributed by atoms with Gasteiger partial charge in [0.2, 0.25) is 0 Å². The molecule has 0 unspecified atom stereocenters. The van der Waals surface area contributed by atoms with Crippen LogP contribution in [0.3, 0.4) is 0 Å². The molecule has 0 N–H and O–H groups in total. The van der Waals surface area contributed by atoms with E-state index < -0.39 is 0 Å². The molecule has 0 atom stereocenters. The third-order valence-corrected chi connectivity index (χ3v) is 2.72. The van der Waals surface area contributed by atoms with Crippen LogP contribution in [0.25, 0.3) is 0 Å². The monoisotopic (exact) mass is 267 g/mol. The van der Waals surface area contributed by atoms with Gasteiger partial charge in [0.1, 0.15) is 11.5 Å². The van der Waals surface area contributed by atoms with Gasteiger partial charge in [0.15, 0.2) is 0 Å². The van der Waals surface area contributed by atoms with Crippen LogP contribution in [-0.4, -0.2) is 36.3 Å². The van der Waals surface area contributed by atoms with Crippen molar-refractivity contribution in [2.45, 2.75) is 33.2 Å². The van der Waals surface area contributed by atoms with Gasteiger partial charge >= 0.3 is 5.97 Å². The molecular weight excluding hydrogens is 246 g/mol. The van der Waals surface area contributed by atoms with Crippen molar-refractivity contribution < 1.29 is 18.7 Å². The van der Waals surface area contributed by atoms with Crippen molar-refractivity contribution in [1.82, 2.24) is 4.90 Å². The van der Waals surface area contributed by atoms with E-state index in [1.165, 1.54) is 0 Å². The van der Waals surface area contributed by atoms with Crippen molar-refractivity contribution >= 4 is 11.8 Å². The van der Waals surface area contributed by atoms with Gasteiger partial charge in [-0.05, 0) is 25.6 Å². The molecule has 19 heavy (non-hydrogen) atoms. The minimum Gasteiger partial charge on any atom is -0.468 e. The lowest BCUT2D eigenvalue weighted by atomic mass is 10.2. The van der Waals surface area contributed by atoms with Crippen LogP contribution in [0.4, 0.5) is 0 Å². The molecule has 1 aromatic rings. The summed E-state index contributed by atoms with van der Waals surface area (Å²) in [7, 11) is 0. The van der Waals surface area contributed by atoms with Gasteiger partial charge in [0, 0.05) is 6.42 Å². The molecule has 0 bridgehead atoms. The van der Waals surface area contributed by atoms with E-state index in [0.717, 1.165) is 12.3 Å². The van der Waals surface area contributed by atoms with Crippen molar-refractivity contribution in [3.8, 4) is 0 Å². The maximum atomic E-state index is 11.8. The Morgan fingerprint density at radius 2 is 2.11 bits per heavy atom. The molecule has 0 aromatic carbocycles. The molecule has 0 aliphatic heterocycles. The Morgan fingerprint density at radius 3 is 2.68 bits per heavy atom. The van der Waals surface area contributed by atoms with Crippen LogP contribution < -0.4 is 0 Å². The summed E-state index contributed by atoms with van der Waals surface area (Å²) in [5.41, 5.74) is 0. The first-order valence-corrected chi connectivity index (χ1v) is 6.57. The maximum absolute atomic E-state index is 11.8. The Bertz CT molecular complexity index is 386. The number of Topliss-reactive ketones (excluding diaryl/α,β-unsaturated/α-hetero) is 1. The number of nitrogens with zero attached hydrogens (tertiary/aromatic N) is 1. The molecule has 0 fully saturated rings. The Kier molecular flexibility index (Phi) is 6.89. The molecule has 0 aliphatic carbocycles. The quantitative estimate of drug-likeness (QED) is 0.641. The first-order chi connectivity index (χ1) is 9.15. The van der Waals surface area contributed by atoms with Crippen LogP contribution in [0, 0.1) is 0 Å². The summed E-state index contributed by atoms with van der Waals surface area (Å²) in [4.78, 5) is 24.9. The van der Waals surface area contributed by atoms with Crippen LogP contribution in [0.5, 0.6) is 0 Å². The first-order valence-electron chi connectivity index (χ1n) is 6.57. The number of hydrogen-bond acceptors (Lipinski definition) is 5. The number of furan rings is 1. The summed E-state index contributed by atoms with van der Waals surface area (Å²) in [5.74, 6) is 0.562. The Labute approximate surface area is 113 Å². The van der Waals surface area contributed by atoms with Crippen molar-refractivity contribution in [2.24, 2.45) is 0 Å². The van der Waals surface area contributed by atoms with Crippen molar-refractivity contribution in [3.63, 3.8) is 0 Å². The standard InChI is InChI=1S/C14H21NO4/c1-3-15(11-13-6-5-9-19-13)10-12(16)7-8-14(17)18-4-2/h5-6,9H,3-4,7-8,10-11H2,1-2H3. The van der Waals surface area contributed by atoms with Gasteiger partial charge < -0.3 is 9.15 Å². The summed E-state index contributed by atoms with van der Waals surface area (Å²) < 4.78 is 10.0. The summed E-state index contributed by atoms with van der Waals surface area (Å²) in [6.45, 7) is 5.78. The number of carbonyl (C=O) groups excluding carboxylic acids is 2. The fourth-order valence-corrected chi connectivity index (χ4v) is 1.71. The molecule has 0 aliphatic rings. The van der Waals surface area contributed by atoms with Gasteiger partial charge in [0.25, 0.3) is 0 Å². The number of ether oxygens (including phenoxy) is 1. The van der Waals surface area contributed by atoms with Crippen molar-refractivity contribution in [3.05, 3.63) is 24.2 Å². The third kappa shape index (κ3) is 6.20. The fraction of sp³-hybridized carbons (Fsp3) is 0.571. The van der Waals surface area contributed by atoms with E-state index in [0.29, 0.717) is 19.7 Å². The molecule has 5 heteroatoms. The molecule has 1 heterocycles. The molecule has 0 saturated carbocycles. The summed E-state index contributed by atoms with van der Waals surface area (Å²) in [6, 6.07) is 3.71. The van der Waals surface area contributed by atoms with Gasteiger partial charge in [-0.25, -0.2) is 0 Å². The average molecular weight is 267 g/mol. The topological polar surface area (TPSA) is 59.8 Å². The third-order valence-electron chi connectivity index (χ3n) is 2.72. The van der Waals surface area contributed by atoms with E-state index in [-0.39, 0.29) is 24.6 Å². The van der Waals surface area contributed by atoms with Crippen LogP contribution in [0.15, 0.2) is 22.8 Å². The molecule has 1 aromatic heterocycles. The zero-order chi connectivity index (χ0) is 14.1. The molecule has 0 saturated heterocycles. The molecule has 5 nitrogen and oxygen atoms in total. The van der Waals surface area contributed by atoms with Crippen molar-refractivity contribution in [2.75, 3.05) is 19.7 Å². The van der Waals surface area contributed by atoms with Crippen LogP contribution >= 0.6 is 0 Å². The summed E-state index contributed by atoms with van der Waals surface area (Å²) in [5, 5.41) is 0. The van der Waals surface area contributed by atoms with Gasteiger partial charge in [-0.2, -0.15) is 0 Å². The Balaban J connectivity index is 2.30. The number of ketones is 1. The molecule has 106 valence electrons. The predicted molar refractivity (Wildman–Crippen MR) is 70.5 cm³/mol. The highest BCUT2D eigenvalue weighted by atomic mass is 16.5. The number of carbonyl (C=O) groups is 2. The van der Waals surface area contributed by atoms with Crippen LogP contribution in [0.1, 0.15) is 32.4 Å². The van der Waals surface area contributed by atoms with E-state index in [2.05, 4.69) is 0 Å². The van der Waals surface area contributed by atoms with Crippen molar-refractivity contribution in [1.29, 1.82) is 0 Å². The van der Waals surface area contributed by atoms with Crippen LogP contribution in [0.2, 0.25) is 0 Å². The zero-order valence-corrected chi connectivity index (χ0v) is 11.6. The van der Waals surface area contributed by atoms with Gasteiger partial charge in [0.05, 0.1) is 32.4 Å². The number of rotatable bonds is 9. The fourth-order valence-electron chi connectivity index (χ4n) is 1.71. The summed E-state index contributed by atoms with van der Waals surface area (Å²) in [6.07, 6.45) is 2.00. The molecule has 0 spiro atoms. The molecule has 0 amide bonds. The van der Waals surface area contributed by atoms with E-state index >= 15 is 0 Å². The number of hydrogen-bond donors (Lipinski definition) is 0. The normalized spacial score (nSPS) is 10.7. The lowest BCUT2D eigenvalue weighted by molar-refractivity contribution is -0.144. The SMILES string of the molecule is CCOC(=O)CCC(=O)CN(CC)Cc1ccco1. The maximum Gasteiger partial charge on any atom is 0.306 e. The van der Waals surface area contributed by atoms with Gasteiger partial charge in [-0.3, -0.25) is 14.5 Å². The lowest BCUT2D eigenvalue weighted by Gasteiger charge is -2.17. The predicted octanol–water partition coefficient (Wildman–Crippen LogP) is 2.01. The lowest BCUT2D eigenvalue weighted by Crippen LogP contribution is -2.29.